The zero-order valence-corrected chi connectivity index (χ0v) is 18.6. The molecule has 0 saturated heterocycles. The van der Waals surface area contributed by atoms with E-state index in [1.165, 1.54) is 23.1 Å². The van der Waals surface area contributed by atoms with Gasteiger partial charge in [-0.1, -0.05) is 18.2 Å². The highest BCUT2D eigenvalue weighted by Gasteiger charge is 2.28. The molecular weight excluding hydrogens is 449 g/mol. The lowest BCUT2D eigenvalue weighted by molar-refractivity contribution is -0.120. The van der Waals surface area contributed by atoms with Crippen LogP contribution in [0.4, 0.5) is 10.1 Å². The second-order valence-corrected chi connectivity index (χ2v) is 8.21. The van der Waals surface area contributed by atoms with Crippen LogP contribution < -0.4 is 9.64 Å². The van der Waals surface area contributed by atoms with Crippen LogP contribution in [0.1, 0.15) is 16.1 Å². The largest absolute Gasteiger partial charge is 0.482 e. The maximum absolute atomic E-state index is 14.2. The third-order valence-corrected chi connectivity index (χ3v) is 6.06. The van der Waals surface area contributed by atoms with Gasteiger partial charge >= 0.3 is 0 Å². The number of para-hydroxylation sites is 1. The van der Waals surface area contributed by atoms with Crippen molar-refractivity contribution in [2.75, 3.05) is 18.6 Å². The number of ketones is 1. The summed E-state index contributed by atoms with van der Waals surface area (Å²) in [4.78, 5) is 27.2. The van der Waals surface area contributed by atoms with E-state index in [9.17, 15) is 14.0 Å². The molecule has 7 nitrogen and oxygen atoms in total. The monoisotopic (exact) mass is 467 g/mol. The zero-order valence-electron chi connectivity index (χ0n) is 18.6. The minimum atomic E-state index is -0.444. The molecule has 0 spiro atoms. The number of aromatic nitrogens is 2. The highest BCUT2D eigenvalue weighted by molar-refractivity contribution is 6.16. The molecule has 0 aliphatic carbocycles. The molecule has 0 N–H and O–H groups in total. The van der Waals surface area contributed by atoms with E-state index < -0.39 is 11.6 Å². The number of furan rings is 1. The summed E-state index contributed by atoms with van der Waals surface area (Å²) in [5.74, 6) is -0.489. The number of carbonyl (C=O) groups excluding carboxylic acids is 2. The molecule has 35 heavy (non-hydrogen) atoms. The summed E-state index contributed by atoms with van der Waals surface area (Å²) in [6, 6.07) is 18.5. The Morgan fingerprint density at radius 1 is 1.06 bits per heavy atom. The van der Waals surface area contributed by atoms with E-state index in [4.69, 9.17) is 9.15 Å². The third-order valence-electron chi connectivity index (χ3n) is 6.06. The highest BCUT2D eigenvalue weighted by Crippen LogP contribution is 2.38. The normalized spacial score (nSPS) is 13.1. The van der Waals surface area contributed by atoms with Crippen LogP contribution in [0.3, 0.4) is 0 Å². The lowest BCUT2D eigenvalue weighted by Gasteiger charge is -2.26. The van der Waals surface area contributed by atoms with Crippen molar-refractivity contribution in [1.29, 1.82) is 0 Å². The molecule has 0 bridgehead atoms. The fourth-order valence-corrected chi connectivity index (χ4v) is 4.23. The number of amides is 1. The molecule has 8 heteroatoms. The van der Waals surface area contributed by atoms with Gasteiger partial charge in [-0.05, 0) is 48.5 Å². The zero-order chi connectivity index (χ0) is 24.1. The van der Waals surface area contributed by atoms with Gasteiger partial charge in [0.15, 0.2) is 12.4 Å². The SMILES string of the molecule is CN1C(=O)COc2ccc(C(=O)c3oc4ccc(F)cc4c3-c3cnn(-c4ccccc4)c3)cc21. The molecule has 0 atom stereocenters. The minimum Gasteiger partial charge on any atom is -0.482 e. The molecule has 6 rings (SSSR count). The Hall–Kier alpha value is -4.72. The number of carbonyl (C=O) groups is 2. The van der Waals surface area contributed by atoms with Crippen molar-refractivity contribution in [1.82, 2.24) is 9.78 Å². The fraction of sp³-hybridized carbons (Fsp3) is 0.0741. The summed E-state index contributed by atoms with van der Waals surface area (Å²) < 4.78 is 27.3. The van der Waals surface area contributed by atoms with Gasteiger partial charge < -0.3 is 14.1 Å². The number of fused-ring (bicyclic) bond motifs is 2. The summed E-state index contributed by atoms with van der Waals surface area (Å²) >= 11 is 0. The molecule has 0 fully saturated rings. The molecule has 3 heterocycles. The van der Waals surface area contributed by atoms with Crippen molar-refractivity contribution in [3.8, 4) is 22.6 Å². The summed E-state index contributed by atoms with van der Waals surface area (Å²) in [6.45, 7) is -0.0541. The number of halogens is 1. The van der Waals surface area contributed by atoms with Gasteiger partial charge in [-0.25, -0.2) is 9.07 Å². The number of hydrogen-bond donors (Lipinski definition) is 0. The molecule has 1 aliphatic rings. The first-order chi connectivity index (χ1) is 17.0. The Morgan fingerprint density at radius 3 is 2.71 bits per heavy atom. The maximum atomic E-state index is 14.2. The smallest absolute Gasteiger partial charge is 0.264 e. The van der Waals surface area contributed by atoms with E-state index in [1.54, 1.807) is 42.3 Å². The first-order valence-corrected chi connectivity index (χ1v) is 10.9. The number of nitrogens with zero attached hydrogens (tertiary/aromatic N) is 3. The molecule has 1 amide bonds. The van der Waals surface area contributed by atoms with E-state index in [1.807, 2.05) is 30.3 Å². The average molecular weight is 467 g/mol. The predicted molar refractivity (Wildman–Crippen MR) is 128 cm³/mol. The van der Waals surface area contributed by atoms with Gasteiger partial charge in [0.2, 0.25) is 5.78 Å². The van der Waals surface area contributed by atoms with Gasteiger partial charge in [-0.15, -0.1) is 0 Å². The molecular formula is C27H18FN3O4. The van der Waals surface area contributed by atoms with Crippen molar-refractivity contribution in [2.24, 2.45) is 0 Å². The molecule has 172 valence electrons. The topological polar surface area (TPSA) is 77.6 Å². The number of anilines is 1. The summed E-state index contributed by atoms with van der Waals surface area (Å²) in [5, 5.41) is 4.90. The molecule has 5 aromatic rings. The Kier molecular flexibility index (Phi) is 4.74. The van der Waals surface area contributed by atoms with E-state index in [-0.39, 0.29) is 18.3 Å². The van der Waals surface area contributed by atoms with Gasteiger partial charge in [0, 0.05) is 35.3 Å². The Morgan fingerprint density at radius 2 is 1.89 bits per heavy atom. The summed E-state index contributed by atoms with van der Waals surface area (Å²) in [7, 11) is 1.63. The van der Waals surface area contributed by atoms with Crippen LogP contribution in [-0.2, 0) is 4.79 Å². The van der Waals surface area contributed by atoms with Crippen LogP contribution in [0.5, 0.6) is 5.75 Å². The molecule has 0 unspecified atom stereocenters. The number of rotatable bonds is 4. The van der Waals surface area contributed by atoms with Crippen molar-refractivity contribution < 1.29 is 23.1 Å². The Bertz CT molecular complexity index is 1620. The first kappa shape index (κ1) is 20.9. The molecule has 3 aromatic carbocycles. The van der Waals surface area contributed by atoms with Crippen molar-refractivity contribution in [2.45, 2.75) is 0 Å². The Balaban J connectivity index is 1.50. The van der Waals surface area contributed by atoms with Gasteiger partial charge in [0.05, 0.1) is 17.6 Å². The van der Waals surface area contributed by atoms with Crippen LogP contribution in [-0.4, -0.2) is 35.1 Å². The van der Waals surface area contributed by atoms with Crippen LogP contribution >= 0.6 is 0 Å². The first-order valence-electron chi connectivity index (χ1n) is 10.9. The maximum Gasteiger partial charge on any atom is 0.264 e. The number of ether oxygens (including phenoxy) is 1. The quantitative estimate of drug-likeness (QED) is 0.347. The minimum absolute atomic E-state index is 0.0541. The number of benzene rings is 3. The lowest BCUT2D eigenvalue weighted by atomic mass is 9.99. The van der Waals surface area contributed by atoms with Gasteiger partial charge in [0.1, 0.15) is 17.1 Å². The van der Waals surface area contributed by atoms with Crippen molar-refractivity contribution in [3.05, 3.63) is 96.3 Å². The molecule has 2 aromatic heterocycles. The summed E-state index contributed by atoms with van der Waals surface area (Å²) in [5.41, 5.74) is 3.08. The fourth-order valence-electron chi connectivity index (χ4n) is 4.23. The van der Waals surface area contributed by atoms with Crippen LogP contribution in [0.25, 0.3) is 27.8 Å². The van der Waals surface area contributed by atoms with Gasteiger partial charge in [-0.2, -0.15) is 5.10 Å². The van der Waals surface area contributed by atoms with Crippen molar-refractivity contribution >= 4 is 28.3 Å². The van der Waals surface area contributed by atoms with Crippen molar-refractivity contribution in [3.63, 3.8) is 0 Å². The molecule has 1 aliphatic heterocycles. The number of likely N-dealkylation sites (N-methyl/N-ethyl adjacent to an activating group) is 1. The van der Waals surface area contributed by atoms with Crippen LogP contribution in [0, 0.1) is 5.82 Å². The summed E-state index contributed by atoms with van der Waals surface area (Å²) in [6.07, 6.45) is 3.39. The highest BCUT2D eigenvalue weighted by atomic mass is 19.1. The standard InChI is InChI=1S/C27H18FN3O4/c1-30-21-11-16(7-9-23(21)34-15-24(30)32)26(33)27-25(20-12-18(28)8-10-22(20)35-27)17-13-29-31(14-17)19-5-3-2-4-6-19/h2-14H,15H2,1H3. The third kappa shape index (κ3) is 3.47. The van der Waals surface area contributed by atoms with Gasteiger partial charge in [-0.3, -0.25) is 9.59 Å². The van der Waals surface area contributed by atoms with Crippen LogP contribution in [0.15, 0.2) is 83.5 Å². The molecule has 0 radical (unpaired) electrons. The van der Waals surface area contributed by atoms with E-state index in [0.29, 0.717) is 39.1 Å². The second-order valence-electron chi connectivity index (χ2n) is 8.21. The number of hydrogen-bond acceptors (Lipinski definition) is 5. The molecule has 0 saturated carbocycles. The predicted octanol–water partition coefficient (Wildman–Crippen LogP) is 5.01. The van der Waals surface area contributed by atoms with Gasteiger partial charge in [0.25, 0.3) is 5.91 Å². The average Bonchev–Trinajstić information content (AvgIpc) is 3.51. The second kappa shape index (κ2) is 7.95. The van der Waals surface area contributed by atoms with E-state index >= 15 is 0 Å². The van der Waals surface area contributed by atoms with E-state index in [2.05, 4.69) is 5.10 Å². The Labute approximate surface area is 199 Å². The van der Waals surface area contributed by atoms with Crippen LogP contribution in [0.2, 0.25) is 0 Å². The van der Waals surface area contributed by atoms with E-state index in [0.717, 1.165) is 5.69 Å². The lowest BCUT2D eigenvalue weighted by Crippen LogP contribution is -2.35.